The Morgan fingerprint density at radius 3 is 2.71 bits per heavy atom. The molecule has 3 nitrogen and oxygen atoms in total. The Hall–Kier alpha value is -1.84. The summed E-state index contributed by atoms with van der Waals surface area (Å²) in [6, 6.07) is 13.0. The van der Waals surface area contributed by atoms with Crippen LogP contribution in [-0.2, 0) is 11.2 Å². The van der Waals surface area contributed by atoms with E-state index in [9.17, 15) is 9.90 Å². The van der Waals surface area contributed by atoms with Gasteiger partial charge in [-0.15, -0.1) is 0 Å². The second-order valence-electron chi connectivity index (χ2n) is 5.26. The van der Waals surface area contributed by atoms with Crippen LogP contribution < -0.4 is 4.90 Å². The minimum Gasteiger partial charge on any atom is -0.384 e. The highest BCUT2D eigenvalue weighted by Crippen LogP contribution is 2.33. The Bertz CT molecular complexity index is 699. The van der Waals surface area contributed by atoms with E-state index in [-0.39, 0.29) is 5.91 Å². The van der Waals surface area contributed by atoms with Gasteiger partial charge >= 0.3 is 0 Å². The third-order valence-corrected chi connectivity index (χ3v) is 4.31. The summed E-state index contributed by atoms with van der Waals surface area (Å²) < 4.78 is 0. The van der Waals surface area contributed by atoms with Crippen LogP contribution in [0.1, 0.15) is 29.2 Å². The van der Waals surface area contributed by atoms with Crippen LogP contribution in [0.3, 0.4) is 0 Å². The van der Waals surface area contributed by atoms with Gasteiger partial charge in [0.05, 0.1) is 0 Å². The SMILES string of the molecule is CN1C(=O)CCc2cc(C(O)c3ccccc3Cl)ccc21. The second-order valence-corrected chi connectivity index (χ2v) is 5.67. The molecular formula is C17H16ClNO2. The number of amides is 1. The molecule has 0 spiro atoms. The van der Waals surface area contributed by atoms with Gasteiger partial charge in [0.1, 0.15) is 6.10 Å². The topological polar surface area (TPSA) is 40.5 Å². The van der Waals surface area contributed by atoms with Crippen LogP contribution in [-0.4, -0.2) is 18.1 Å². The minimum atomic E-state index is -0.757. The van der Waals surface area contributed by atoms with Crippen molar-refractivity contribution in [2.75, 3.05) is 11.9 Å². The third kappa shape index (κ3) is 2.55. The van der Waals surface area contributed by atoms with E-state index in [0.717, 1.165) is 16.8 Å². The predicted octanol–water partition coefficient (Wildman–Crippen LogP) is 3.33. The molecule has 1 aliphatic rings. The number of carbonyl (C=O) groups is 1. The number of fused-ring (bicyclic) bond motifs is 1. The summed E-state index contributed by atoms with van der Waals surface area (Å²) in [6.07, 6.45) is 0.462. The fourth-order valence-corrected chi connectivity index (χ4v) is 2.96. The zero-order valence-electron chi connectivity index (χ0n) is 11.7. The van der Waals surface area contributed by atoms with E-state index in [1.807, 2.05) is 36.4 Å². The summed E-state index contributed by atoms with van der Waals surface area (Å²) in [5.74, 6) is 0.127. The fraction of sp³-hybridized carbons (Fsp3) is 0.235. The van der Waals surface area contributed by atoms with Crippen LogP contribution in [0.25, 0.3) is 0 Å². The zero-order chi connectivity index (χ0) is 15.0. The van der Waals surface area contributed by atoms with E-state index in [4.69, 9.17) is 11.6 Å². The van der Waals surface area contributed by atoms with Crippen LogP contribution in [0.5, 0.6) is 0 Å². The van der Waals surface area contributed by atoms with Crippen molar-refractivity contribution in [3.05, 3.63) is 64.2 Å². The number of halogens is 1. The molecule has 2 aromatic rings. The maximum Gasteiger partial charge on any atom is 0.227 e. The molecule has 0 aromatic heterocycles. The highest BCUT2D eigenvalue weighted by Gasteiger charge is 2.22. The molecule has 2 aromatic carbocycles. The summed E-state index contributed by atoms with van der Waals surface area (Å²) >= 11 is 6.14. The lowest BCUT2D eigenvalue weighted by Gasteiger charge is -2.26. The highest BCUT2D eigenvalue weighted by molar-refractivity contribution is 6.31. The Labute approximate surface area is 128 Å². The molecule has 1 unspecified atom stereocenters. The summed E-state index contributed by atoms with van der Waals surface area (Å²) in [4.78, 5) is 13.4. The van der Waals surface area contributed by atoms with Gasteiger partial charge in [0.15, 0.2) is 0 Å². The molecule has 1 amide bonds. The maximum atomic E-state index is 11.7. The highest BCUT2D eigenvalue weighted by atomic mass is 35.5. The normalized spacial score (nSPS) is 15.8. The first kappa shape index (κ1) is 14.1. The van der Waals surface area contributed by atoms with E-state index in [2.05, 4.69) is 0 Å². The van der Waals surface area contributed by atoms with Crippen molar-refractivity contribution in [2.24, 2.45) is 0 Å². The molecule has 0 aliphatic carbocycles. The largest absolute Gasteiger partial charge is 0.384 e. The number of benzene rings is 2. The number of carbonyl (C=O) groups excluding carboxylic acids is 1. The molecule has 0 radical (unpaired) electrons. The number of hydrogen-bond acceptors (Lipinski definition) is 2. The Balaban J connectivity index is 1.98. The fourth-order valence-electron chi connectivity index (χ4n) is 2.72. The number of hydrogen-bond donors (Lipinski definition) is 1. The van der Waals surface area contributed by atoms with E-state index in [1.54, 1.807) is 18.0 Å². The molecule has 0 saturated carbocycles. The minimum absolute atomic E-state index is 0.127. The van der Waals surface area contributed by atoms with Gasteiger partial charge in [-0.2, -0.15) is 0 Å². The quantitative estimate of drug-likeness (QED) is 0.924. The monoisotopic (exact) mass is 301 g/mol. The summed E-state index contributed by atoms with van der Waals surface area (Å²) in [5.41, 5.74) is 3.49. The van der Waals surface area contributed by atoms with Crippen molar-refractivity contribution in [1.29, 1.82) is 0 Å². The van der Waals surface area contributed by atoms with E-state index in [0.29, 0.717) is 23.4 Å². The van der Waals surface area contributed by atoms with Crippen LogP contribution in [0, 0.1) is 0 Å². The first-order valence-corrected chi connectivity index (χ1v) is 7.27. The van der Waals surface area contributed by atoms with Crippen molar-refractivity contribution in [3.8, 4) is 0 Å². The van der Waals surface area contributed by atoms with E-state index < -0.39 is 6.10 Å². The average molecular weight is 302 g/mol. The van der Waals surface area contributed by atoms with Gasteiger partial charge in [0.2, 0.25) is 5.91 Å². The smallest absolute Gasteiger partial charge is 0.227 e. The Morgan fingerprint density at radius 1 is 1.19 bits per heavy atom. The lowest BCUT2D eigenvalue weighted by atomic mass is 9.95. The lowest BCUT2D eigenvalue weighted by Crippen LogP contribution is -2.31. The van der Waals surface area contributed by atoms with Crippen molar-refractivity contribution in [3.63, 3.8) is 0 Å². The Morgan fingerprint density at radius 2 is 1.95 bits per heavy atom. The van der Waals surface area contributed by atoms with Crippen LogP contribution in [0.15, 0.2) is 42.5 Å². The van der Waals surface area contributed by atoms with Crippen LogP contribution >= 0.6 is 11.6 Å². The average Bonchev–Trinajstić information content (AvgIpc) is 2.50. The van der Waals surface area contributed by atoms with Gasteiger partial charge < -0.3 is 10.0 Å². The van der Waals surface area contributed by atoms with Crippen LogP contribution in [0.2, 0.25) is 5.02 Å². The molecule has 21 heavy (non-hydrogen) atoms. The van der Waals surface area contributed by atoms with Gasteiger partial charge in [0.25, 0.3) is 0 Å². The Kier molecular flexibility index (Phi) is 3.70. The lowest BCUT2D eigenvalue weighted by molar-refractivity contribution is -0.118. The molecule has 0 saturated heterocycles. The number of rotatable bonds is 2. The number of aliphatic hydroxyl groups excluding tert-OH is 1. The van der Waals surface area contributed by atoms with Crippen LogP contribution in [0.4, 0.5) is 5.69 Å². The number of nitrogens with zero attached hydrogens (tertiary/aromatic N) is 1. The molecule has 1 atom stereocenters. The third-order valence-electron chi connectivity index (χ3n) is 3.96. The first-order valence-electron chi connectivity index (χ1n) is 6.90. The van der Waals surface area contributed by atoms with Gasteiger partial charge in [-0.05, 0) is 29.7 Å². The van der Waals surface area contributed by atoms with Crippen molar-refractivity contribution < 1.29 is 9.90 Å². The molecule has 1 heterocycles. The van der Waals surface area contributed by atoms with Gasteiger partial charge in [-0.3, -0.25) is 4.79 Å². The molecule has 108 valence electrons. The summed E-state index contributed by atoms with van der Waals surface area (Å²) in [6.45, 7) is 0. The van der Waals surface area contributed by atoms with Gasteiger partial charge in [-0.1, -0.05) is 41.9 Å². The number of aliphatic hydroxyl groups is 1. The predicted molar refractivity (Wildman–Crippen MR) is 83.7 cm³/mol. The molecular weight excluding hydrogens is 286 g/mol. The van der Waals surface area contributed by atoms with Crippen molar-refractivity contribution in [2.45, 2.75) is 18.9 Å². The molecule has 1 N–H and O–H groups in total. The number of anilines is 1. The van der Waals surface area contributed by atoms with Gasteiger partial charge in [0, 0.05) is 29.7 Å². The maximum absolute atomic E-state index is 11.7. The van der Waals surface area contributed by atoms with E-state index >= 15 is 0 Å². The first-order chi connectivity index (χ1) is 10.1. The van der Waals surface area contributed by atoms with Crippen molar-refractivity contribution >= 4 is 23.2 Å². The standard InChI is InChI=1S/C17H16ClNO2/c1-19-15-8-6-12(10-11(15)7-9-16(19)20)17(21)13-4-2-3-5-14(13)18/h2-6,8,10,17,21H,7,9H2,1H3. The molecule has 4 heteroatoms. The van der Waals surface area contributed by atoms with Crippen molar-refractivity contribution in [1.82, 2.24) is 0 Å². The molecule has 0 bridgehead atoms. The summed E-state index contributed by atoms with van der Waals surface area (Å²) in [5, 5.41) is 11.1. The molecule has 1 aliphatic heterocycles. The second kappa shape index (κ2) is 5.51. The van der Waals surface area contributed by atoms with Gasteiger partial charge in [-0.25, -0.2) is 0 Å². The summed E-state index contributed by atoms with van der Waals surface area (Å²) in [7, 11) is 1.78. The number of aryl methyl sites for hydroxylation is 1. The molecule has 0 fully saturated rings. The zero-order valence-corrected chi connectivity index (χ0v) is 12.5. The molecule has 3 rings (SSSR count). The van der Waals surface area contributed by atoms with E-state index in [1.165, 1.54) is 0 Å².